The number of pyridine rings is 1. The van der Waals surface area contributed by atoms with Crippen molar-refractivity contribution in [3.05, 3.63) is 77.2 Å². The monoisotopic (exact) mass is 420 g/mol. The smallest absolute Gasteiger partial charge is 0.224 e. The summed E-state index contributed by atoms with van der Waals surface area (Å²) in [6.45, 7) is 0. The van der Waals surface area contributed by atoms with E-state index in [-0.39, 0.29) is 11.7 Å². The Hall–Kier alpha value is -2.72. The first kappa shape index (κ1) is 19.3. The van der Waals surface area contributed by atoms with Crippen LogP contribution in [0.15, 0.2) is 60.8 Å². The lowest BCUT2D eigenvalue weighted by Crippen LogP contribution is -2.15. The van der Waals surface area contributed by atoms with Crippen molar-refractivity contribution < 1.29 is 9.18 Å². The van der Waals surface area contributed by atoms with Crippen LogP contribution in [0.5, 0.6) is 0 Å². The van der Waals surface area contributed by atoms with Crippen molar-refractivity contribution in [1.82, 2.24) is 4.98 Å². The van der Waals surface area contributed by atoms with E-state index in [1.807, 2.05) is 18.2 Å². The summed E-state index contributed by atoms with van der Waals surface area (Å²) in [7, 11) is 0. The maximum absolute atomic E-state index is 13.8. The Morgan fingerprint density at radius 3 is 2.77 bits per heavy atom. The van der Waals surface area contributed by atoms with Crippen LogP contribution >= 0.6 is 11.6 Å². The number of hydrogen-bond donors (Lipinski definition) is 1. The molecule has 30 heavy (non-hydrogen) atoms. The lowest BCUT2D eigenvalue weighted by atomic mass is 9.94. The van der Waals surface area contributed by atoms with Crippen molar-refractivity contribution in [2.45, 2.75) is 25.7 Å². The Kier molecular flexibility index (Phi) is 5.03. The number of amides is 1. The number of carbonyl (C=O) groups excluding carboxylic acids is 1. The van der Waals surface area contributed by atoms with E-state index < -0.39 is 0 Å². The molecule has 1 N–H and O–H groups in total. The SMILES string of the molecule is O=C(C[C@@H]1CC2CC(c3ccnc4ccc(F)cc34)=C[C@@H]2C1)Nc1ccc(Cl)cc1. The Balaban J connectivity index is 1.26. The van der Waals surface area contributed by atoms with Gasteiger partial charge in [0.15, 0.2) is 0 Å². The second-order valence-corrected chi connectivity index (χ2v) is 8.87. The Bertz CT molecular complexity index is 1140. The van der Waals surface area contributed by atoms with Gasteiger partial charge < -0.3 is 5.32 Å². The molecule has 1 unspecified atom stereocenters. The van der Waals surface area contributed by atoms with Gasteiger partial charge in [-0.05, 0) is 96.7 Å². The number of nitrogens with one attached hydrogen (secondary N) is 1. The molecule has 0 aliphatic heterocycles. The number of halogens is 2. The molecule has 5 rings (SSSR count). The molecule has 2 aliphatic rings. The molecule has 1 fully saturated rings. The van der Waals surface area contributed by atoms with Gasteiger partial charge in [-0.1, -0.05) is 17.7 Å². The van der Waals surface area contributed by atoms with Crippen LogP contribution in [-0.2, 0) is 4.79 Å². The molecule has 1 heterocycles. The lowest BCUT2D eigenvalue weighted by Gasteiger charge is -2.13. The molecule has 1 aromatic heterocycles. The summed E-state index contributed by atoms with van der Waals surface area (Å²) in [4.78, 5) is 16.8. The Labute approximate surface area is 180 Å². The third kappa shape index (κ3) is 3.84. The van der Waals surface area contributed by atoms with Gasteiger partial charge in [0.25, 0.3) is 0 Å². The van der Waals surface area contributed by atoms with Gasteiger partial charge in [-0.15, -0.1) is 0 Å². The quantitative estimate of drug-likeness (QED) is 0.524. The fraction of sp³-hybridized carbons (Fsp3) is 0.280. The number of nitrogens with zero attached hydrogens (tertiary/aromatic N) is 1. The summed E-state index contributed by atoms with van der Waals surface area (Å²) in [6.07, 6.45) is 7.75. The van der Waals surface area contributed by atoms with Crippen LogP contribution < -0.4 is 5.32 Å². The highest BCUT2D eigenvalue weighted by molar-refractivity contribution is 6.30. The van der Waals surface area contributed by atoms with Crippen molar-refractivity contribution in [1.29, 1.82) is 0 Å². The second-order valence-electron chi connectivity index (χ2n) is 8.44. The van der Waals surface area contributed by atoms with Crippen LogP contribution in [0.1, 0.15) is 31.2 Å². The fourth-order valence-corrected chi connectivity index (χ4v) is 5.22. The maximum Gasteiger partial charge on any atom is 0.224 e. The second kappa shape index (κ2) is 7.84. The standard InChI is InChI=1S/C25H22ClFN2O/c26-19-1-4-21(5-2-19)29-25(30)11-15-9-16-12-18(13-17(16)10-15)22-7-8-28-24-6-3-20(27)14-23(22)24/h1-8,12,14-17H,9-11,13H2,(H,29,30)/t15-,16-,17?/m0/s1. The number of rotatable bonds is 4. The molecule has 3 nitrogen and oxygen atoms in total. The van der Waals surface area contributed by atoms with E-state index in [0.29, 0.717) is 29.2 Å². The first-order valence-corrected chi connectivity index (χ1v) is 10.7. The minimum Gasteiger partial charge on any atom is -0.326 e. The third-order valence-corrected chi connectivity index (χ3v) is 6.65. The molecule has 5 heteroatoms. The van der Waals surface area contributed by atoms with E-state index in [0.717, 1.165) is 41.4 Å². The van der Waals surface area contributed by atoms with Crippen LogP contribution in [-0.4, -0.2) is 10.9 Å². The van der Waals surface area contributed by atoms with Crippen molar-refractivity contribution in [3.63, 3.8) is 0 Å². The first-order valence-electron chi connectivity index (χ1n) is 10.4. The van der Waals surface area contributed by atoms with Crippen LogP contribution in [0.3, 0.4) is 0 Å². The largest absolute Gasteiger partial charge is 0.326 e. The van der Waals surface area contributed by atoms with Crippen LogP contribution in [0, 0.1) is 23.6 Å². The summed E-state index contributed by atoms with van der Waals surface area (Å²) >= 11 is 5.90. The van der Waals surface area contributed by atoms with Crippen molar-refractivity contribution in [3.8, 4) is 0 Å². The summed E-state index contributed by atoms with van der Waals surface area (Å²) in [5.74, 6) is 1.27. The molecule has 2 aliphatic carbocycles. The normalized spacial score (nSPS) is 22.7. The highest BCUT2D eigenvalue weighted by atomic mass is 35.5. The molecule has 3 atom stereocenters. The van der Waals surface area contributed by atoms with Crippen molar-refractivity contribution in [2.24, 2.45) is 17.8 Å². The summed E-state index contributed by atoms with van der Waals surface area (Å²) in [5.41, 5.74) is 3.98. The van der Waals surface area contributed by atoms with E-state index in [1.165, 1.54) is 11.6 Å². The third-order valence-electron chi connectivity index (χ3n) is 6.40. The maximum atomic E-state index is 13.8. The van der Waals surface area contributed by atoms with E-state index >= 15 is 0 Å². The van der Waals surface area contributed by atoms with Crippen molar-refractivity contribution >= 4 is 39.7 Å². The number of allylic oxidation sites excluding steroid dienone is 2. The molecule has 2 aromatic carbocycles. The zero-order valence-corrected chi connectivity index (χ0v) is 17.2. The minimum atomic E-state index is -0.234. The fourth-order valence-electron chi connectivity index (χ4n) is 5.10. The minimum absolute atomic E-state index is 0.0575. The van der Waals surface area contributed by atoms with Crippen LogP contribution in [0.4, 0.5) is 10.1 Å². The highest BCUT2D eigenvalue weighted by Crippen LogP contribution is 2.49. The molecule has 0 spiro atoms. The van der Waals surface area contributed by atoms with E-state index in [2.05, 4.69) is 16.4 Å². The number of benzene rings is 2. The van der Waals surface area contributed by atoms with Gasteiger partial charge in [-0.3, -0.25) is 9.78 Å². The van der Waals surface area contributed by atoms with Gasteiger partial charge in [-0.25, -0.2) is 4.39 Å². The number of carbonyl (C=O) groups is 1. The van der Waals surface area contributed by atoms with Gasteiger partial charge >= 0.3 is 0 Å². The summed E-state index contributed by atoms with van der Waals surface area (Å²) in [5, 5.41) is 4.50. The molecule has 3 aromatic rings. The average molecular weight is 421 g/mol. The van der Waals surface area contributed by atoms with Crippen LogP contribution in [0.25, 0.3) is 16.5 Å². The van der Waals surface area contributed by atoms with E-state index in [1.54, 1.807) is 30.5 Å². The molecule has 152 valence electrons. The number of hydrogen-bond acceptors (Lipinski definition) is 2. The highest BCUT2D eigenvalue weighted by Gasteiger charge is 2.38. The van der Waals surface area contributed by atoms with Gasteiger partial charge in [0.2, 0.25) is 5.91 Å². The predicted molar refractivity (Wildman–Crippen MR) is 119 cm³/mol. The molecule has 1 amide bonds. The summed E-state index contributed by atoms with van der Waals surface area (Å²) in [6, 6.07) is 14.0. The molecule has 0 bridgehead atoms. The Morgan fingerprint density at radius 2 is 1.97 bits per heavy atom. The van der Waals surface area contributed by atoms with Crippen LogP contribution in [0.2, 0.25) is 5.02 Å². The van der Waals surface area contributed by atoms with E-state index in [4.69, 9.17) is 11.6 Å². The summed E-state index contributed by atoms with van der Waals surface area (Å²) < 4.78 is 13.8. The van der Waals surface area contributed by atoms with Crippen molar-refractivity contribution in [2.75, 3.05) is 5.32 Å². The number of anilines is 1. The van der Waals surface area contributed by atoms with Gasteiger partial charge in [0, 0.05) is 28.7 Å². The topological polar surface area (TPSA) is 42.0 Å². The number of fused-ring (bicyclic) bond motifs is 2. The van der Waals surface area contributed by atoms with Gasteiger partial charge in [0.05, 0.1) is 5.52 Å². The Morgan fingerprint density at radius 1 is 1.13 bits per heavy atom. The first-order chi connectivity index (χ1) is 14.5. The molecule has 1 saturated carbocycles. The van der Waals surface area contributed by atoms with Gasteiger partial charge in [0.1, 0.15) is 5.82 Å². The number of aromatic nitrogens is 1. The lowest BCUT2D eigenvalue weighted by molar-refractivity contribution is -0.117. The molecule has 0 saturated heterocycles. The molecular weight excluding hydrogens is 399 g/mol. The average Bonchev–Trinajstić information content (AvgIpc) is 3.27. The predicted octanol–water partition coefficient (Wildman–Crippen LogP) is 6.49. The molecular formula is C25H22ClFN2O. The van der Waals surface area contributed by atoms with E-state index in [9.17, 15) is 9.18 Å². The molecule has 0 radical (unpaired) electrons. The zero-order valence-electron chi connectivity index (χ0n) is 16.4. The zero-order chi connectivity index (χ0) is 20.7. The van der Waals surface area contributed by atoms with Gasteiger partial charge in [-0.2, -0.15) is 0 Å².